The van der Waals surface area contributed by atoms with Crippen molar-refractivity contribution in [3.05, 3.63) is 29.8 Å². The predicted octanol–water partition coefficient (Wildman–Crippen LogP) is 0.0247. The maximum absolute atomic E-state index is 12.9. The Hall–Kier alpha value is -1.48. The van der Waals surface area contributed by atoms with Crippen LogP contribution in [-0.4, -0.2) is 65.6 Å². The van der Waals surface area contributed by atoms with Crippen LogP contribution in [0.1, 0.15) is 55.3 Å². The molecule has 148 valence electrons. The van der Waals surface area contributed by atoms with Crippen LogP contribution in [0.25, 0.3) is 0 Å². The van der Waals surface area contributed by atoms with E-state index in [4.69, 9.17) is 9.84 Å². The van der Waals surface area contributed by atoms with Gasteiger partial charge in [-0.15, -0.1) is 0 Å². The van der Waals surface area contributed by atoms with Gasteiger partial charge in [0.15, 0.2) is 0 Å². The van der Waals surface area contributed by atoms with Gasteiger partial charge in [0.2, 0.25) is 0 Å². The number of amides is 1. The van der Waals surface area contributed by atoms with Crippen molar-refractivity contribution < 1.29 is 38.3 Å². The maximum Gasteiger partial charge on any atom is 1.00 e. The van der Waals surface area contributed by atoms with E-state index in [9.17, 15) is 9.59 Å². The van der Waals surface area contributed by atoms with Crippen molar-refractivity contribution in [3.63, 3.8) is 0 Å². The molecule has 1 aromatic rings. The number of aliphatic carboxylic acids is 1. The first-order valence-electron chi connectivity index (χ1n) is 10.1. The molecular weight excluding hydrogens is 351 g/mol. The number of nitrogens with zero attached hydrogens (tertiary/aromatic N) is 2. The number of rotatable bonds is 9. The first-order valence-corrected chi connectivity index (χ1v) is 10.1. The van der Waals surface area contributed by atoms with Gasteiger partial charge in [-0.05, 0) is 75.9 Å². The van der Waals surface area contributed by atoms with Gasteiger partial charge in [0.25, 0.3) is 5.91 Å². The summed E-state index contributed by atoms with van der Waals surface area (Å²) in [4.78, 5) is 27.9. The molecule has 1 amide bonds. The summed E-state index contributed by atoms with van der Waals surface area (Å²) in [5.41, 5.74) is 0.710. The van der Waals surface area contributed by atoms with E-state index in [1.54, 1.807) is 0 Å². The molecule has 0 aliphatic carbocycles. The Labute approximate surface area is 179 Å². The molecule has 28 heavy (non-hydrogen) atoms. The number of ether oxygens (including phenoxy) is 1. The minimum atomic E-state index is -0.775. The molecule has 1 atom stereocenters. The van der Waals surface area contributed by atoms with Gasteiger partial charge in [-0.25, -0.2) is 0 Å². The number of unbranched alkanes of at least 4 members (excludes halogenated alkanes) is 1. The molecular formula is C21H30LiN2O4+. The quantitative estimate of drug-likeness (QED) is 0.483. The molecule has 6 nitrogen and oxygen atoms in total. The van der Waals surface area contributed by atoms with E-state index in [-0.39, 0.29) is 31.2 Å². The summed E-state index contributed by atoms with van der Waals surface area (Å²) in [7, 11) is 0. The second kappa shape index (κ2) is 11.5. The Morgan fingerprint density at radius 2 is 1.75 bits per heavy atom. The average Bonchev–Trinajstić information content (AvgIpc) is 3.33. The molecule has 2 heterocycles. The van der Waals surface area contributed by atoms with Gasteiger partial charge in [0, 0.05) is 31.1 Å². The smallest absolute Gasteiger partial charge is 0.494 e. The fourth-order valence-corrected chi connectivity index (χ4v) is 3.98. The first-order chi connectivity index (χ1) is 13.1. The molecule has 2 fully saturated rings. The number of benzene rings is 1. The Kier molecular flexibility index (Phi) is 9.37. The average molecular weight is 381 g/mol. The van der Waals surface area contributed by atoms with E-state index >= 15 is 0 Å². The molecule has 3 rings (SSSR count). The van der Waals surface area contributed by atoms with E-state index in [1.807, 2.05) is 29.2 Å². The van der Waals surface area contributed by atoms with Gasteiger partial charge < -0.3 is 19.6 Å². The number of likely N-dealkylation sites (tertiary alicyclic amines) is 2. The molecule has 0 spiro atoms. The number of carboxylic acid groups (broad SMARTS) is 1. The third-order valence-electron chi connectivity index (χ3n) is 5.46. The minimum Gasteiger partial charge on any atom is -0.494 e. The largest absolute Gasteiger partial charge is 1.00 e. The normalized spacial score (nSPS) is 19.4. The van der Waals surface area contributed by atoms with Crippen molar-refractivity contribution in [3.8, 4) is 5.75 Å². The molecule has 0 saturated carbocycles. The van der Waals surface area contributed by atoms with Gasteiger partial charge in [0.1, 0.15) is 5.75 Å². The zero-order valence-corrected chi connectivity index (χ0v) is 16.9. The number of hydrogen-bond donors (Lipinski definition) is 1. The van der Waals surface area contributed by atoms with E-state index in [2.05, 4.69) is 4.90 Å². The summed E-state index contributed by atoms with van der Waals surface area (Å²) >= 11 is 0. The summed E-state index contributed by atoms with van der Waals surface area (Å²) in [6, 6.07) is 7.66. The van der Waals surface area contributed by atoms with Crippen LogP contribution in [0.2, 0.25) is 0 Å². The minimum absolute atomic E-state index is 0. The van der Waals surface area contributed by atoms with Crippen molar-refractivity contribution in [2.24, 2.45) is 0 Å². The van der Waals surface area contributed by atoms with Crippen molar-refractivity contribution >= 4 is 11.9 Å². The van der Waals surface area contributed by atoms with Crippen LogP contribution in [0.15, 0.2) is 24.3 Å². The maximum atomic E-state index is 12.9. The fraction of sp³-hybridized carbons (Fsp3) is 0.619. The summed E-state index contributed by atoms with van der Waals surface area (Å²) in [6.07, 6.45) is 6.22. The van der Waals surface area contributed by atoms with Crippen molar-refractivity contribution in [2.75, 3.05) is 32.8 Å². The number of carbonyl (C=O) groups excluding carboxylic acids is 1. The molecule has 0 radical (unpaired) electrons. The molecule has 1 unspecified atom stereocenters. The van der Waals surface area contributed by atoms with E-state index in [1.165, 1.54) is 12.8 Å². The summed E-state index contributed by atoms with van der Waals surface area (Å²) in [5.74, 6) is 0.0597. The molecule has 1 aromatic carbocycles. The standard InChI is InChI=1S/C21H30N2O4.Li/c24-20(25)7-1-4-15-27-19-10-8-17(9-11-19)21(26)23-14-5-6-18(23)16-22-12-2-3-13-22;/h8-11,18H,1-7,12-16H2,(H,24,25);/q;+1. The number of carbonyl (C=O) groups is 2. The predicted molar refractivity (Wildman–Crippen MR) is 103 cm³/mol. The second-order valence-corrected chi connectivity index (χ2v) is 7.53. The van der Waals surface area contributed by atoms with Crippen molar-refractivity contribution in [2.45, 2.75) is 51.0 Å². The van der Waals surface area contributed by atoms with Crippen LogP contribution in [0, 0.1) is 0 Å². The van der Waals surface area contributed by atoms with Gasteiger partial charge >= 0.3 is 24.8 Å². The molecule has 2 aliphatic heterocycles. The van der Waals surface area contributed by atoms with Crippen LogP contribution < -0.4 is 23.6 Å². The molecule has 1 N–H and O–H groups in total. The van der Waals surface area contributed by atoms with Crippen LogP contribution in [0.3, 0.4) is 0 Å². The summed E-state index contributed by atoms with van der Waals surface area (Å²) < 4.78 is 5.63. The van der Waals surface area contributed by atoms with E-state index in [0.717, 1.165) is 44.8 Å². The van der Waals surface area contributed by atoms with Gasteiger partial charge in [-0.3, -0.25) is 9.59 Å². The Morgan fingerprint density at radius 3 is 2.43 bits per heavy atom. The number of carboxylic acids is 1. The Balaban J connectivity index is 0.00000280. The molecule has 2 aliphatic rings. The molecule has 7 heteroatoms. The topological polar surface area (TPSA) is 70.1 Å². The molecule has 2 saturated heterocycles. The first kappa shape index (κ1) is 22.8. The molecule has 0 bridgehead atoms. The zero-order valence-electron chi connectivity index (χ0n) is 16.9. The summed E-state index contributed by atoms with van der Waals surface area (Å²) in [6.45, 7) is 4.67. The Bertz CT molecular complexity index is 632. The van der Waals surface area contributed by atoms with Gasteiger partial charge in [-0.1, -0.05) is 0 Å². The fourth-order valence-electron chi connectivity index (χ4n) is 3.98. The SMILES string of the molecule is O=C(O)CCCCOc1ccc(C(=O)N2CCCC2CN2CCCC2)cc1.[Li+]. The Morgan fingerprint density at radius 1 is 1.04 bits per heavy atom. The number of hydrogen-bond acceptors (Lipinski definition) is 4. The van der Waals surface area contributed by atoms with Crippen molar-refractivity contribution in [1.82, 2.24) is 9.80 Å². The van der Waals surface area contributed by atoms with Crippen LogP contribution >= 0.6 is 0 Å². The second-order valence-electron chi connectivity index (χ2n) is 7.53. The van der Waals surface area contributed by atoms with Crippen LogP contribution in [0.5, 0.6) is 5.75 Å². The van der Waals surface area contributed by atoms with Gasteiger partial charge in [-0.2, -0.15) is 0 Å². The van der Waals surface area contributed by atoms with Crippen LogP contribution in [-0.2, 0) is 4.79 Å². The summed E-state index contributed by atoms with van der Waals surface area (Å²) in [5, 5.41) is 8.62. The van der Waals surface area contributed by atoms with Crippen LogP contribution in [0.4, 0.5) is 0 Å². The molecule has 0 aromatic heterocycles. The zero-order chi connectivity index (χ0) is 19.1. The van der Waals surface area contributed by atoms with E-state index in [0.29, 0.717) is 31.1 Å². The van der Waals surface area contributed by atoms with E-state index < -0.39 is 5.97 Å². The van der Waals surface area contributed by atoms with Gasteiger partial charge in [0.05, 0.1) is 6.61 Å². The third kappa shape index (κ3) is 6.54. The third-order valence-corrected chi connectivity index (χ3v) is 5.46. The van der Waals surface area contributed by atoms with Crippen molar-refractivity contribution in [1.29, 1.82) is 0 Å². The monoisotopic (exact) mass is 381 g/mol.